The minimum Gasteiger partial charge on any atom is -0.493 e. The van der Waals surface area contributed by atoms with Crippen molar-refractivity contribution in [2.75, 3.05) is 47.0 Å². The summed E-state index contributed by atoms with van der Waals surface area (Å²) in [5.74, 6) is 0.363. The van der Waals surface area contributed by atoms with E-state index in [1.54, 1.807) is 13.0 Å². The van der Waals surface area contributed by atoms with Crippen molar-refractivity contribution in [3.05, 3.63) is 18.2 Å². The molecule has 0 aromatic heterocycles. The second-order valence-corrected chi connectivity index (χ2v) is 8.57. The van der Waals surface area contributed by atoms with Gasteiger partial charge in [0.1, 0.15) is 0 Å². The van der Waals surface area contributed by atoms with Crippen LogP contribution >= 0.6 is 0 Å². The number of methoxy groups -OCH3 is 2. The Bertz CT molecular complexity index is 837. The summed E-state index contributed by atoms with van der Waals surface area (Å²) in [6.07, 6.45) is 0.313. The molecular formula is C19H29N3O7S. The molecule has 2 amide bonds. The molecule has 0 radical (unpaired) electrons. The fourth-order valence-electron chi connectivity index (χ4n) is 3.16. The van der Waals surface area contributed by atoms with Crippen LogP contribution < -0.4 is 20.1 Å². The summed E-state index contributed by atoms with van der Waals surface area (Å²) in [6, 6.07) is 4.46. The van der Waals surface area contributed by atoms with Crippen LogP contribution in [-0.4, -0.2) is 71.7 Å². The lowest BCUT2D eigenvalue weighted by Crippen LogP contribution is -2.44. The first kappa shape index (κ1) is 23.7. The quantitative estimate of drug-likeness (QED) is 0.545. The van der Waals surface area contributed by atoms with Crippen molar-refractivity contribution in [2.45, 2.75) is 24.7 Å². The normalized spacial score (nSPS) is 15.3. The zero-order valence-electron chi connectivity index (χ0n) is 17.5. The predicted molar refractivity (Wildman–Crippen MR) is 109 cm³/mol. The number of amides is 2. The molecule has 1 aliphatic heterocycles. The molecule has 1 heterocycles. The molecule has 0 spiro atoms. The highest BCUT2D eigenvalue weighted by molar-refractivity contribution is 7.89. The Labute approximate surface area is 176 Å². The Morgan fingerprint density at radius 2 is 1.70 bits per heavy atom. The number of sulfonamides is 1. The van der Waals surface area contributed by atoms with Crippen molar-refractivity contribution < 1.29 is 32.2 Å². The lowest BCUT2D eigenvalue weighted by atomic mass is 9.97. The molecule has 0 atom stereocenters. The van der Waals surface area contributed by atoms with Gasteiger partial charge in [0.05, 0.1) is 25.7 Å². The molecule has 2 N–H and O–H groups in total. The van der Waals surface area contributed by atoms with Crippen LogP contribution in [0.25, 0.3) is 0 Å². The Hall–Kier alpha value is -2.53. The van der Waals surface area contributed by atoms with Crippen molar-refractivity contribution in [3.8, 4) is 11.5 Å². The smallest absolute Gasteiger partial charge is 0.407 e. The van der Waals surface area contributed by atoms with Crippen LogP contribution in [0.15, 0.2) is 23.1 Å². The van der Waals surface area contributed by atoms with Crippen LogP contribution in [0.2, 0.25) is 0 Å². The summed E-state index contributed by atoms with van der Waals surface area (Å²) >= 11 is 0. The Morgan fingerprint density at radius 3 is 2.30 bits per heavy atom. The van der Waals surface area contributed by atoms with Crippen molar-refractivity contribution in [1.29, 1.82) is 0 Å². The molecule has 2 rings (SSSR count). The number of nitrogens with zero attached hydrogens (tertiary/aromatic N) is 1. The third-order valence-electron chi connectivity index (χ3n) is 4.79. The van der Waals surface area contributed by atoms with Crippen molar-refractivity contribution in [2.24, 2.45) is 5.92 Å². The maximum absolute atomic E-state index is 12.9. The Balaban J connectivity index is 1.87. The van der Waals surface area contributed by atoms with Crippen molar-refractivity contribution in [1.82, 2.24) is 14.9 Å². The summed E-state index contributed by atoms with van der Waals surface area (Å²) < 4.78 is 42.3. The van der Waals surface area contributed by atoms with Gasteiger partial charge in [0.25, 0.3) is 0 Å². The van der Waals surface area contributed by atoms with Gasteiger partial charge in [-0.15, -0.1) is 0 Å². The molecule has 1 saturated heterocycles. The molecule has 1 fully saturated rings. The average Bonchev–Trinajstić information content (AvgIpc) is 2.76. The average molecular weight is 444 g/mol. The molecule has 0 saturated carbocycles. The maximum atomic E-state index is 12.9. The molecule has 11 heteroatoms. The number of nitrogens with one attached hydrogen (secondary N) is 2. The van der Waals surface area contributed by atoms with E-state index in [-0.39, 0.29) is 49.5 Å². The van der Waals surface area contributed by atoms with Gasteiger partial charge in [0.15, 0.2) is 11.5 Å². The van der Waals surface area contributed by atoms with Crippen molar-refractivity contribution in [3.63, 3.8) is 0 Å². The Kier molecular flexibility index (Phi) is 8.72. The standard InChI is InChI=1S/C19H29N3O7S/c1-4-29-19(24)21-10-9-20-18(23)14-7-11-22(12-8-14)30(25,26)15-5-6-16(27-2)17(13-15)28-3/h5-6,13-14H,4,7-12H2,1-3H3,(H,20,23)(H,21,24). The van der Waals surface area contributed by atoms with E-state index in [0.29, 0.717) is 24.3 Å². The fourth-order valence-corrected chi connectivity index (χ4v) is 4.65. The number of carbonyl (C=O) groups excluding carboxylic acids is 2. The molecule has 1 aliphatic rings. The largest absolute Gasteiger partial charge is 0.493 e. The molecule has 0 bridgehead atoms. The predicted octanol–water partition coefficient (Wildman–Crippen LogP) is 0.967. The highest BCUT2D eigenvalue weighted by Crippen LogP contribution is 2.31. The molecule has 0 aliphatic carbocycles. The number of hydrogen-bond acceptors (Lipinski definition) is 7. The van der Waals surface area contributed by atoms with Gasteiger partial charge in [-0.1, -0.05) is 0 Å². The van der Waals surface area contributed by atoms with Gasteiger partial charge in [-0.2, -0.15) is 4.31 Å². The lowest BCUT2D eigenvalue weighted by Gasteiger charge is -2.30. The fraction of sp³-hybridized carbons (Fsp3) is 0.579. The van der Waals surface area contributed by atoms with Gasteiger partial charge in [-0.25, -0.2) is 13.2 Å². The number of alkyl carbamates (subject to hydrolysis) is 1. The van der Waals surface area contributed by atoms with E-state index in [2.05, 4.69) is 10.6 Å². The Morgan fingerprint density at radius 1 is 1.07 bits per heavy atom. The summed E-state index contributed by atoms with van der Waals surface area (Å²) in [5.41, 5.74) is 0. The van der Waals surface area contributed by atoms with Gasteiger partial charge in [-0.05, 0) is 31.9 Å². The summed E-state index contributed by atoms with van der Waals surface area (Å²) in [7, 11) is -0.774. The molecular weight excluding hydrogens is 414 g/mol. The van der Waals surface area contributed by atoms with E-state index in [1.807, 2.05) is 0 Å². The van der Waals surface area contributed by atoms with Crippen LogP contribution in [0.1, 0.15) is 19.8 Å². The zero-order valence-corrected chi connectivity index (χ0v) is 18.3. The van der Waals surface area contributed by atoms with Gasteiger partial charge in [-0.3, -0.25) is 4.79 Å². The summed E-state index contributed by atoms with van der Waals surface area (Å²) in [5, 5.41) is 5.28. The number of piperidine rings is 1. The van der Waals surface area contributed by atoms with E-state index in [4.69, 9.17) is 14.2 Å². The lowest BCUT2D eigenvalue weighted by molar-refractivity contribution is -0.126. The van der Waals surface area contributed by atoms with E-state index < -0.39 is 16.1 Å². The summed E-state index contributed by atoms with van der Waals surface area (Å²) in [6.45, 7) is 3.02. The number of hydrogen-bond donors (Lipinski definition) is 2. The second-order valence-electron chi connectivity index (χ2n) is 6.63. The first-order chi connectivity index (χ1) is 14.3. The molecule has 0 unspecified atom stereocenters. The molecule has 1 aromatic carbocycles. The van der Waals surface area contributed by atoms with E-state index >= 15 is 0 Å². The van der Waals surface area contributed by atoms with Crippen LogP contribution in [0.3, 0.4) is 0 Å². The second kappa shape index (κ2) is 11.0. The van der Waals surface area contributed by atoms with Gasteiger partial charge < -0.3 is 24.8 Å². The number of benzene rings is 1. The minimum absolute atomic E-state index is 0.119. The van der Waals surface area contributed by atoms with E-state index in [9.17, 15) is 18.0 Å². The van der Waals surface area contributed by atoms with Crippen molar-refractivity contribution >= 4 is 22.0 Å². The van der Waals surface area contributed by atoms with Crippen LogP contribution in [0.5, 0.6) is 11.5 Å². The third-order valence-corrected chi connectivity index (χ3v) is 6.68. The van der Waals surface area contributed by atoms with Gasteiger partial charge in [0.2, 0.25) is 15.9 Å². The molecule has 10 nitrogen and oxygen atoms in total. The molecule has 168 valence electrons. The number of ether oxygens (including phenoxy) is 3. The van der Waals surface area contributed by atoms with Crippen LogP contribution in [0, 0.1) is 5.92 Å². The number of rotatable bonds is 9. The minimum atomic E-state index is -3.70. The maximum Gasteiger partial charge on any atom is 0.407 e. The van der Waals surface area contributed by atoms with E-state index in [1.165, 1.54) is 30.7 Å². The first-order valence-corrected chi connectivity index (χ1v) is 11.2. The SMILES string of the molecule is CCOC(=O)NCCNC(=O)C1CCN(S(=O)(=O)c2ccc(OC)c(OC)c2)CC1. The highest BCUT2D eigenvalue weighted by Gasteiger charge is 2.32. The molecule has 1 aromatic rings. The third kappa shape index (κ3) is 5.99. The topological polar surface area (TPSA) is 123 Å². The zero-order chi connectivity index (χ0) is 22.1. The first-order valence-electron chi connectivity index (χ1n) is 9.74. The number of carbonyl (C=O) groups is 2. The van der Waals surface area contributed by atoms with Gasteiger partial charge in [0, 0.05) is 38.2 Å². The summed E-state index contributed by atoms with van der Waals surface area (Å²) in [4.78, 5) is 23.6. The monoisotopic (exact) mass is 443 g/mol. The molecule has 30 heavy (non-hydrogen) atoms. The van der Waals surface area contributed by atoms with Crippen LogP contribution in [-0.2, 0) is 19.6 Å². The van der Waals surface area contributed by atoms with Crippen LogP contribution in [0.4, 0.5) is 4.79 Å². The van der Waals surface area contributed by atoms with E-state index in [0.717, 1.165) is 0 Å². The van der Waals surface area contributed by atoms with Gasteiger partial charge >= 0.3 is 6.09 Å². The highest BCUT2D eigenvalue weighted by atomic mass is 32.2.